The number of ether oxygens (including phenoxy) is 1. The van der Waals surface area contributed by atoms with E-state index in [0.29, 0.717) is 25.8 Å². The molecule has 2 aromatic rings. The number of nitrogens with one attached hydrogen (secondary N) is 1. The number of carbonyl (C=O) groups is 2. The fourth-order valence-electron chi connectivity index (χ4n) is 4.43. The number of amides is 2. The lowest BCUT2D eigenvalue weighted by Gasteiger charge is -2.33. The first-order valence-electron chi connectivity index (χ1n) is 11.9. The summed E-state index contributed by atoms with van der Waals surface area (Å²) in [4.78, 5) is 28.4. The van der Waals surface area contributed by atoms with Gasteiger partial charge in [0.1, 0.15) is 11.8 Å². The lowest BCUT2D eigenvalue weighted by molar-refractivity contribution is -0.141. The van der Waals surface area contributed by atoms with Gasteiger partial charge in [0.05, 0.1) is 7.11 Å². The summed E-state index contributed by atoms with van der Waals surface area (Å²) >= 11 is 0. The molecule has 1 fully saturated rings. The molecule has 3 rings (SSSR count). The number of hydrogen-bond acceptors (Lipinski definition) is 3. The standard InChI is InChI=1S/C27H36N2O3/c1-3-25(27(31)28-23-12-8-5-9-13-23)29(20-22-14-17-24(32-2)18-15-22)26(30)19-16-21-10-6-4-7-11-21/h4,6-7,10-11,14-15,17-18,23,25H,3,5,8-9,12-13,16,19-20H2,1-2H3,(H,28,31)/t25-/m1/s1. The molecule has 0 radical (unpaired) electrons. The Hall–Kier alpha value is -2.82. The van der Waals surface area contributed by atoms with Gasteiger partial charge in [-0.05, 0) is 48.9 Å². The SMILES string of the molecule is CC[C@H](C(=O)NC1CCCCC1)N(Cc1ccc(OC)cc1)C(=O)CCc1ccccc1. The highest BCUT2D eigenvalue weighted by Gasteiger charge is 2.30. The van der Waals surface area contributed by atoms with Crippen LogP contribution >= 0.6 is 0 Å². The van der Waals surface area contributed by atoms with Crippen molar-refractivity contribution in [3.05, 3.63) is 65.7 Å². The maximum Gasteiger partial charge on any atom is 0.243 e. The maximum absolute atomic E-state index is 13.4. The molecule has 0 spiro atoms. The second-order valence-electron chi connectivity index (χ2n) is 8.62. The highest BCUT2D eigenvalue weighted by atomic mass is 16.5. The molecular weight excluding hydrogens is 400 g/mol. The average Bonchev–Trinajstić information content (AvgIpc) is 2.84. The quantitative estimate of drug-likeness (QED) is 0.577. The Bertz CT molecular complexity index is 845. The summed E-state index contributed by atoms with van der Waals surface area (Å²) < 4.78 is 5.26. The third kappa shape index (κ3) is 6.84. The van der Waals surface area contributed by atoms with E-state index in [9.17, 15) is 9.59 Å². The van der Waals surface area contributed by atoms with Crippen molar-refractivity contribution in [2.45, 2.75) is 76.9 Å². The molecule has 1 aliphatic rings. The molecule has 32 heavy (non-hydrogen) atoms. The molecule has 1 N–H and O–H groups in total. The summed E-state index contributed by atoms with van der Waals surface area (Å²) in [7, 11) is 1.64. The van der Waals surface area contributed by atoms with Gasteiger partial charge in [0, 0.05) is 19.0 Å². The summed E-state index contributed by atoms with van der Waals surface area (Å²) in [6, 6.07) is 17.5. The number of benzene rings is 2. The van der Waals surface area contributed by atoms with Gasteiger partial charge in [-0.15, -0.1) is 0 Å². The molecule has 0 heterocycles. The van der Waals surface area contributed by atoms with E-state index in [4.69, 9.17) is 4.74 Å². The van der Waals surface area contributed by atoms with Crippen molar-refractivity contribution in [1.29, 1.82) is 0 Å². The number of hydrogen-bond donors (Lipinski definition) is 1. The number of methoxy groups -OCH3 is 1. The van der Waals surface area contributed by atoms with Crippen LogP contribution in [0.3, 0.4) is 0 Å². The van der Waals surface area contributed by atoms with Crippen LogP contribution in [0, 0.1) is 0 Å². The van der Waals surface area contributed by atoms with Crippen LogP contribution < -0.4 is 10.1 Å². The van der Waals surface area contributed by atoms with E-state index in [1.165, 1.54) is 6.42 Å². The molecule has 2 aromatic carbocycles. The minimum absolute atomic E-state index is 0.00955. The van der Waals surface area contributed by atoms with Crippen molar-refractivity contribution < 1.29 is 14.3 Å². The van der Waals surface area contributed by atoms with E-state index in [2.05, 4.69) is 5.32 Å². The van der Waals surface area contributed by atoms with Gasteiger partial charge in [0.25, 0.3) is 0 Å². The molecule has 2 amide bonds. The molecule has 5 nitrogen and oxygen atoms in total. The Morgan fingerprint density at radius 3 is 2.31 bits per heavy atom. The first-order chi connectivity index (χ1) is 15.6. The van der Waals surface area contributed by atoms with Crippen molar-refractivity contribution in [2.75, 3.05) is 7.11 Å². The Labute approximate surface area is 192 Å². The van der Waals surface area contributed by atoms with Gasteiger partial charge in [-0.25, -0.2) is 0 Å². The van der Waals surface area contributed by atoms with Gasteiger partial charge in [0.2, 0.25) is 11.8 Å². The first kappa shape index (κ1) is 23.8. The number of rotatable bonds is 10. The van der Waals surface area contributed by atoms with Gasteiger partial charge in [-0.2, -0.15) is 0 Å². The van der Waals surface area contributed by atoms with Crippen LogP contribution in [-0.4, -0.2) is 35.9 Å². The van der Waals surface area contributed by atoms with Crippen molar-refractivity contribution in [3.8, 4) is 5.75 Å². The Balaban J connectivity index is 1.74. The third-order valence-corrected chi connectivity index (χ3v) is 6.32. The predicted octanol–water partition coefficient (Wildman–Crippen LogP) is 4.88. The minimum atomic E-state index is -0.470. The lowest BCUT2D eigenvalue weighted by Crippen LogP contribution is -2.51. The third-order valence-electron chi connectivity index (χ3n) is 6.32. The van der Waals surface area contributed by atoms with E-state index in [1.54, 1.807) is 12.0 Å². The molecule has 0 aromatic heterocycles. The topological polar surface area (TPSA) is 58.6 Å². The molecule has 1 atom stereocenters. The smallest absolute Gasteiger partial charge is 0.243 e. The molecule has 0 aliphatic heterocycles. The average molecular weight is 437 g/mol. The van der Waals surface area contributed by atoms with E-state index in [0.717, 1.165) is 42.6 Å². The van der Waals surface area contributed by atoms with Crippen molar-refractivity contribution >= 4 is 11.8 Å². The van der Waals surface area contributed by atoms with Crippen LogP contribution in [0.15, 0.2) is 54.6 Å². The van der Waals surface area contributed by atoms with Crippen LogP contribution in [0.4, 0.5) is 0 Å². The van der Waals surface area contributed by atoms with Crippen LogP contribution in [-0.2, 0) is 22.6 Å². The molecule has 172 valence electrons. The van der Waals surface area contributed by atoms with Crippen molar-refractivity contribution in [1.82, 2.24) is 10.2 Å². The van der Waals surface area contributed by atoms with Gasteiger partial charge >= 0.3 is 0 Å². The fourth-order valence-corrected chi connectivity index (χ4v) is 4.43. The molecule has 1 aliphatic carbocycles. The molecule has 5 heteroatoms. The van der Waals surface area contributed by atoms with Crippen molar-refractivity contribution in [3.63, 3.8) is 0 Å². The number of aryl methyl sites for hydroxylation is 1. The fraction of sp³-hybridized carbons (Fsp3) is 0.481. The Morgan fingerprint density at radius 1 is 1.00 bits per heavy atom. The first-order valence-corrected chi connectivity index (χ1v) is 11.9. The second-order valence-corrected chi connectivity index (χ2v) is 8.62. The summed E-state index contributed by atoms with van der Waals surface area (Å²) in [6.45, 7) is 2.39. The normalized spacial score (nSPS) is 15.1. The Kier molecular flexibility index (Phi) is 9.14. The van der Waals surface area contributed by atoms with Gasteiger partial charge < -0.3 is 15.0 Å². The monoisotopic (exact) mass is 436 g/mol. The number of carbonyl (C=O) groups excluding carboxylic acids is 2. The second kappa shape index (κ2) is 12.3. The van der Waals surface area contributed by atoms with Crippen molar-refractivity contribution in [2.24, 2.45) is 0 Å². The molecular formula is C27H36N2O3. The minimum Gasteiger partial charge on any atom is -0.497 e. The van der Waals surface area contributed by atoms with E-state index < -0.39 is 6.04 Å². The van der Waals surface area contributed by atoms with Crippen LogP contribution in [0.1, 0.15) is 63.0 Å². The molecule has 0 saturated heterocycles. The molecule has 0 unspecified atom stereocenters. The molecule has 1 saturated carbocycles. The summed E-state index contributed by atoms with van der Waals surface area (Å²) in [5.74, 6) is 0.758. The van der Waals surface area contributed by atoms with Gasteiger partial charge in [0.15, 0.2) is 0 Å². The van der Waals surface area contributed by atoms with Gasteiger partial charge in [-0.1, -0.05) is 68.7 Å². The maximum atomic E-state index is 13.4. The number of nitrogens with zero attached hydrogens (tertiary/aromatic N) is 1. The lowest BCUT2D eigenvalue weighted by atomic mass is 9.95. The summed E-state index contributed by atoms with van der Waals surface area (Å²) in [6.07, 6.45) is 7.26. The Morgan fingerprint density at radius 2 is 1.69 bits per heavy atom. The molecule has 0 bridgehead atoms. The van der Waals surface area contributed by atoms with E-state index >= 15 is 0 Å². The highest BCUT2D eigenvalue weighted by molar-refractivity contribution is 5.88. The zero-order valence-electron chi connectivity index (χ0n) is 19.4. The van der Waals surface area contributed by atoms with Gasteiger partial charge in [-0.3, -0.25) is 9.59 Å². The van der Waals surface area contributed by atoms with Crippen LogP contribution in [0.25, 0.3) is 0 Å². The predicted molar refractivity (Wildman–Crippen MR) is 127 cm³/mol. The summed E-state index contributed by atoms with van der Waals surface area (Å²) in [5, 5.41) is 3.23. The zero-order valence-corrected chi connectivity index (χ0v) is 19.4. The van der Waals surface area contributed by atoms with E-state index in [-0.39, 0.29) is 17.9 Å². The van der Waals surface area contributed by atoms with Crippen LogP contribution in [0.2, 0.25) is 0 Å². The summed E-state index contributed by atoms with van der Waals surface area (Å²) in [5.41, 5.74) is 2.12. The van der Waals surface area contributed by atoms with E-state index in [1.807, 2.05) is 61.5 Å². The highest BCUT2D eigenvalue weighted by Crippen LogP contribution is 2.20. The largest absolute Gasteiger partial charge is 0.497 e. The van der Waals surface area contributed by atoms with Crippen LogP contribution in [0.5, 0.6) is 5.75 Å². The zero-order chi connectivity index (χ0) is 22.8.